The monoisotopic (exact) mass is 368 g/mol. The van der Waals surface area contributed by atoms with Crippen molar-refractivity contribution in [2.75, 3.05) is 32.1 Å². The molecule has 1 aromatic heterocycles. The van der Waals surface area contributed by atoms with E-state index in [1.54, 1.807) is 19.5 Å². The topological polar surface area (TPSA) is 57.7 Å². The molecule has 6 heteroatoms. The molecule has 6 nitrogen and oxygen atoms in total. The number of benzene rings is 1. The number of ether oxygens (including phenoxy) is 1. The van der Waals surface area contributed by atoms with Crippen LogP contribution in [0, 0.1) is 0 Å². The highest BCUT2D eigenvalue weighted by atomic mass is 16.5. The van der Waals surface area contributed by atoms with Crippen LogP contribution in [0.3, 0.4) is 0 Å². The smallest absolute Gasteiger partial charge is 0.322 e. The van der Waals surface area contributed by atoms with Gasteiger partial charge in [-0.1, -0.05) is 6.92 Å². The molecule has 2 aromatic rings. The number of carbonyl (C=O) groups excluding carboxylic acids is 1. The standard InChI is InChI=1S/C21H28N4O2/c1-3-24-14-4-5-19(24)16-25(15-17-10-12-22-13-11-17)21(26)23-18-6-8-20(27-2)9-7-18/h6-13,19H,3-5,14-16H2,1-2H3,(H,23,26)/t19-/m1/s1. The zero-order valence-corrected chi connectivity index (χ0v) is 16.1. The number of urea groups is 1. The minimum Gasteiger partial charge on any atom is -0.497 e. The van der Waals surface area contributed by atoms with Gasteiger partial charge in [0.2, 0.25) is 0 Å². The van der Waals surface area contributed by atoms with Gasteiger partial charge in [-0.25, -0.2) is 4.79 Å². The van der Waals surface area contributed by atoms with Crippen LogP contribution in [-0.4, -0.2) is 53.6 Å². The number of likely N-dealkylation sites (tertiary alicyclic amines) is 1. The van der Waals surface area contributed by atoms with Gasteiger partial charge in [-0.05, 0) is 67.9 Å². The van der Waals surface area contributed by atoms with Crippen molar-refractivity contribution in [2.24, 2.45) is 0 Å². The van der Waals surface area contributed by atoms with Crippen molar-refractivity contribution in [3.63, 3.8) is 0 Å². The zero-order valence-electron chi connectivity index (χ0n) is 16.1. The number of anilines is 1. The minimum absolute atomic E-state index is 0.0834. The van der Waals surface area contributed by atoms with E-state index in [2.05, 4.69) is 22.1 Å². The number of nitrogens with zero attached hydrogens (tertiary/aromatic N) is 3. The van der Waals surface area contributed by atoms with Crippen molar-refractivity contribution < 1.29 is 9.53 Å². The fourth-order valence-electron chi connectivity index (χ4n) is 3.58. The van der Waals surface area contributed by atoms with Crippen molar-refractivity contribution in [3.05, 3.63) is 54.4 Å². The maximum absolute atomic E-state index is 13.0. The van der Waals surface area contributed by atoms with Gasteiger partial charge in [-0.3, -0.25) is 9.88 Å². The summed E-state index contributed by atoms with van der Waals surface area (Å²) in [6, 6.07) is 11.7. The number of hydrogen-bond acceptors (Lipinski definition) is 4. The van der Waals surface area contributed by atoms with E-state index in [0.717, 1.165) is 43.1 Å². The Morgan fingerprint density at radius 1 is 1.26 bits per heavy atom. The van der Waals surface area contributed by atoms with Crippen LogP contribution >= 0.6 is 0 Å². The number of methoxy groups -OCH3 is 1. The van der Waals surface area contributed by atoms with Crippen LogP contribution in [0.4, 0.5) is 10.5 Å². The van der Waals surface area contributed by atoms with Gasteiger partial charge in [0.05, 0.1) is 7.11 Å². The molecule has 144 valence electrons. The van der Waals surface area contributed by atoms with E-state index < -0.39 is 0 Å². The Kier molecular flexibility index (Phi) is 6.65. The Balaban J connectivity index is 1.71. The number of hydrogen-bond donors (Lipinski definition) is 1. The quantitative estimate of drug-likeness (QED) is 0.811. The van der Waals surface area contributed by atoms with Crippen molar-refractivity contribution in [1.82, 2.24) is 14.8 Å². The van der Waals surface area contributed by atoms with Gasteiger partial charge < -0.3 is 15.0 Å². The van der Waals surface area contributed by atoms with E-state index in [-0.39, 0.29) is 6.03 Å². The first-order chi connectivity index (χ1) is 13.2. The SMILES string of the molecule is CCN1CCC[C@@H]1CN(Cc1ccncc1)C(=O)Nc1ccc(OC)cc1. The fourth-order valence-corrected chi connectivity index (χ4v) is 3.58. The van der Waals surface area contributed by atoms with Gasteiger partial charge in [0, 0.05) is 37.2 Å². The molecule has 0 radical (unpaired) electrons. The number of nitrogens with one attached hydrogen (secondary N) is 1. The summed E-state index contributed by atoms with van der Waals surface area (Å²) >= 11 is 0. The molecule has 0 unspecified atom stereocenters. The summed E-state index contributed by atoms with van der Waals surface area (Å²) in [5.41, 5.74) is 1.84. The van der Waals surface area contributed by atoms with Gasteiger partial charge >= 0.3 is 6.03 Å². The molecule has 2 amide bonds. The van der Waals surface area contributed by atoms with Crippen LogP contribution in [-0.2, 0) is 6.54 Å². The first-order valence-corrected chi connectivity index (χ1v) is 9.52. The third-order valence-corrected chi connectivity index (χ3v) is 5.09. The fraction of sp³-hybridized carbons (Fsp3) is 0.429. The summed E-state index contributed by atoms with van der Waals surface area (Å²) in [4.78, 5) is 21.4. The molecular formula is C21H28N4O2. The van der Waals surface area contributed by atoms with E-state index in [0.29, 0.717) is 12.6 Å². The Bertz CT molecular complexity index is 721. The van der Waals surface area contributed by atoms with Crippen LogP contribution in [0.2, 0.25) is 0 Å². The lowest BCUT2D eigenvalue weighted by atomic mass is 10.2. The van der Waals surface area contributed by atoms with Gasteiger partial charge in [0.1, 0.15) is 5.75 Å². The number of carbonyl (C=O) groups is 1. The largest absolute Gasteiger partial charge is 0.497 e. The molecule has 1 aliphatic rings. The molecular weight excluding hydrogens is 340 g/mol. The second kappa shape index (κ2) is 9.37. The number of pyridine rings is 1. The van der Waals surface area contributed by atoms with Crippen LogP contribution in [0.15, 0.2) is 48.8 Å². The Hall–Kier alpha value is -2.60. The number of likely N-dealkylation sites (N-methyl/N-ethyl adjacent to an activating group) is 1. The van der Waals surface area contributed by atoms with E-state index in [1.165, 1.54) is 6.42 Å². The molecule has 1 saturated heterocycles. The first-order valence-electron chi connectivity index (χ1n) is 9.52. The predicted molar refractivity (Wildman–Crippen MR) is 107 cm³/mol. The average molecular weight is 368 g/mol. The lowest BCUT2D eigenvalue weighted by molar-refractivity contribution is 0.175. The molecule has 1 atom stereocenters. The van der Waals surface area contributed by atoms with E-state index in [4.69, 9.17) is 4.74 Å². The molecule has 3 rings (SSSR count). The van der Waals surface area contributed by atoms with E-state index in [9.17, 15) is 4.79 Å². The minimum atomic E-state index is -0.0834. The third kappa shape index (κ3) is 5.20. The molecule has 1 aromatic carbocycles. The summed E-state index contributed by atoms with van der Waals surface area (Å²) < 4.78 is 5.18. The molecule has 1 N–H and O–H groups in total. The van der Waals surface area contributed by atoms with Crippen molar-refractivity contribution >= 4 is 11.7 Å². The molecule has 0 saturated carbocycles. The Morgan fingerprint density at radius 3 is 2.67 bits per heavy atom. The second-order valence-electron chi connectivity index (χ2n) is 6.82. The van der Waals surface area contributed by atoms with Crippen LogP contribution in [0.1, 0.15) is 25.3 Å². The first kappa shape index (κ1) is 19.2. The normalized spacial score (nSPS) is 16.9. The Morgan fingerprint density at radius 2 is 2.00 bits per heavy atom. The predicted octanol–water partition coefficient (Wildman–Crippen LogP) is 3.61. The van der Waals surface area contributed by atoms with Gasteiger partial charge in [-0.15, -0.1) is 0 Å². The molecule has 0 spiro atoms. The van der Waals surface area contributed by atoms with Crippen molar-refractivity contribution in [3.8, 4) is 5.75 Å². The maximum atomic E-state index is 13.0. The zero-order chi connectivity index (χ0) is 19.1. The van der Waals surface area contributed by atoms with Crippen LogP contribution in [0.5, 0.6) is 5.75 Å². The van der Waals surface area contributed by atoms with E-state index >= 15 is 0 Å². The molecule has 1 fully saturated rings. The number of aromatic nitrogens is 1. The highest BCUT2D eigenvalue weighted by Gasteiger charge is 2.27. The molecule has 2 heterocycles. The highest BCUT2D eigenvalue weighted by Crippen LogP contribution is 2.20. The van der Waals surface area contributed by atoms with Crippen molar-refractivity contribution in [2.45, 2.75) is 32.4 Å². The van der Waals surface area contributed by atoms with Gasteiger partial charge in [0.15, 0.2) is 0 Å². The molecule has 0 bridgehead atoms. The van der Waals surface area contributed by atoms with Gasteiger partial charge in [0.25, 0.3) is 0 Å². The van der Waals surface area contributed by atoms with E-state index in [1.807, 2.05) is 41.3 Å². The second-order valence-corrected chi connectivity index (χ2v) is 6.82. The molecule has 0 aliphatic carbocycles. The highest BCUT2D eigenvalue weighted by molar-refractivity contribution is 5.89. The summed E-state index contributed by atoms with van der Waals surface area (Å²) in [5, 5.41) is 3.02. The third-order valence-electron chi connectivity index (χ3n) is 5.09. The summed E-state index contributed by atoms with van der Waals surface area (Å²) in [6.07, 6.45) is 5.86. The number of rotatable bonds is 7. The lowest BCUT2D eigenvalue weighted by Crippen LogP contribution is -2.44. The maximum Gasteiger partial charge on any atom is 0.322 e. The number of amides is 2. The molecule has 27 heavy (non-hydrogen) atoms. The average Bonchev–Trinajstić information content (AvgIpc) is 3.16. The molecule has 1 aliphatic heterocycles. The van der Waals surface area contributed by atoms with Gasteiger partial charge in [-0.2, -0.15) is 0 Å². The summed E-state index contributed by atoms with van der Waals surface area (Å²) in [7, 11) is 1.63. The van der Waals surface area contributed by atoms with Crippen LogP contribution in [0.25, 0.3) is 0 Å². The van der Waals surface area contributed by atoms with Crippen LogP contribution < -0.4 is 10.1 Å². The Labute approximate surface area is 161 Å². The lowest BCUT2D eigenvalue weighted by Gasteiger charge is -2.30. The summed E-state index contributed by atoms with van der Waals surface area (Å²) in [5.74, 6) is 0.770. The summed E-state index contributed by atoms with van der Waals surface area (Å²) in [6.45, 7) is 5.61. The van der Waals surface area contributed by atoms with Crippen molar-refractivity contribution in [1.29, 1.82) is 0 Å².